The zero-order valence-corrected chi connectivity index (χ0v) is 18.2. The molecule has 0 atom stereocenters. The van der Waals surface area contributed by atoms with Crippen molar-refractivity contribution >= 4 is 35.6 Å². The molecule has 0 aliphatic heterocycles. The van der Waals surface area contributed by atoms with Crippen molar-refractivity contribution in [2.75, 3.05) is 25.6 Å². The van der Waals surface area contributed by atoms with Crippen molar-refractivity contribution in [2.24, 2.45) is 10.7 Å². The molecule has 0 bridgehead atoms. The third-order valence-corrected chi connectivity index (χ3v) is 4.57. The van der Waals surface area contributed by atoms with Crippen molar-refractivity contribution in [1.82, 2.24) is 0 Å². The molecule has 2 rings (SSSR count). The van der Waals surface area contributed by atoms with E-state index in [1.807, 2.05) is 24.3 Å². The highest BCUT2D eigenvalue weighted by molar-refractivity contribution is 14.0. The third-order valence-electron chi connectivity index (χ3n) is 4.57. The Morgan fingerprint density at radius 2 is 1.92 bits per heavy atom. The van der Waals surface area contributed by atoms with E-state index in [0.29, 0.717) is 18.7 Å². The van der Waals surface area contributed by atoms with Gasteiger partial charge in [0.1, 0.15) is 0 Å². The van der Waals surface area contributed by atoms with Gasteiger partial charge >= 0.3 is 0 Å². The van der Waals surface area contributed by atoms with Gasteiger partial charge < -0.3 is 20.5 Å². The number of methoxy groups -OCH3 is 1. The molecule has 0 saturated heterocycles. The number of nitrogens with one attached hydrogen (secondary N) is 1. The van der Waals surface area contributed by atoms with Gasteiger partial charge in [0.15, 0.2) is 5.96 Å². The average molecular weight is 475 g/mol. The summed E-state index contributed by atoms with van der Waals surface area (Å²) in [5.41, 5.74) is 8.01. The number of nitrogens with two attached hydrogens (primary N) is 1. The summed E-state index contributed by atoms with van der Waals surface area (Å²) in [5, 5.41) is 3.16. The van der Waals surface area contributed by atoms with Gasteiger partial charge in [-0.15, -0.1) is 24.0 Å². The highest BCUT2D eigenvalue weighted by atomic mass is 127. The van der Waals surface area contributed by atoms with Crippen LogP contribution in [0.3, 0.4) is 0 Å². The van der Waals surface area contributed by atoms with E-state index in [9.17, 15) is 0 Å². The minimum absolute atomic E-state index is 0. The largest absolute Gasteiger partial charge is 0.380 e. The van der Waals surface area contributed by atoms with E-state index in [0.717, 1.165) is 43.7 Å². The van der Waals surface area contributed by atoms with Crippen LogP contribution in [0.1, 0.15) is 56.9 Å². The minimum atomic E-state index is 0. The van der Waals surface area contributed by atoms with Crippen molar-refractivity contribution in [3.05, 3.63) is 29.8 Å². The van der Waals surface area contributed by atoms with Crippen LogP contribution in [0.2, 0.25) is 0 Å². The molecule has 148 valence electrons. The van der Waals surface area contributed by atoms with E-state index in [-0.39, 0.29) is 24.0 Å². The Morgan fingerprint density at radius 1 is 1.15 bits per heavy atom. The number of hydrogen-bond donors (Lipinski definition) is 2. The van der Waals surface area contributed by atoms with Gasteiger partial charge in [0.25, 0.3) is 0 Å². The van der Waals surface area contributed by atoms with Crippen molar-refractivity contribution in [3.63, 3.8) is 0 Å². The molecule has 5 nitrogen and oxygen atoms in total. The molecule has 1 aliphatic carbocycles. The van der Waals surface area contributed by atoms with Crippen molar-refractivity contribution in [1.29, 1.82) is 0 Å². The number of halogens is 1. The SMILES string of the molecule is COCc1ccccc1NC(N)=NCCCCCOC1CCCCC1.I. The Balaban J connectivity index is 0.00000338. The molecule has 1 aromatic carbocycles. The topological polar surface area (TPSA) is 68.9 Å². The first-order chi connectivity index (χ1) is 12.3. The number of nitrogens with zero attached hydrogens (tertiary/aromatic N) is 1. The van der Waals surface area contributed by atoms with E-state index in [4.69, 9.17) is 15.2 Å². The number of guanidine groups is 1. The second-order valence-corrected chi connectivity index (χ2v) is 6.67. The lowest BCUT2D eigenvalue weighted by molar-refractivity contribution is 0.0264. The summed E-state index contributed by atoms with van der Waals surface area (Å²) < 4.78 is 11.1. The molecule has 0 heterocycles. The molecule has 26 heavy (non-hydrogen) atoms. The Labute approximate surface area is 175 Å². The third kappa shape index (κ3) is 9.19. The molecular formula is C20H34IN3O2. The van der Waals surface area contributed by atoms with Gasteiger partial charge in [0, 0.05) is 31.5 Å². The lowest BCUT2D eigenvalue weighted by Crippen LogP contribution is -2.23. The number of benzene rings is 1. The fraction of sp³-hybridized carbons (Fsp3) is 0.650. The highest BCUT2D eigenvalue weighted by Crippen LogP contribution is 2.20. The number of ether oxygens (including phenoxy) is 2. The monoisotopic (exact) mass is 475 g/mol. The van der Waals surface area contributed by atoms with E-state index in [1.54, 1.807) is 7.11 Å². The lowest BCUT2D eigenvalue weighted by atomic mass is 9.98. The summed E-state index contributed by atoms with van der Waals surface area (Å²) in [5.74, 6) is 0.460. The Kier molecular flexibility index (Phi) is 12.7. The zero-order chi connectivity index (χ0) is 17.7. The number of para-hydroxylation sites is 1. The van der Waals surface area contributed by atoms with E-state index < -0.39 is 0 Å². The first-order valence-corrected chi connectivity index (χ1v) is 9.55. The molecule has 1 aliphatic rings. The molecule has 0 unspecified atom stereocenters. The van der Waals surface area contributed by atoms with Gasteiger partial charge in [-0.25, -0.2) is 0 Å². The van der Waals surface area contributed by atoms with E-state index in [1.165, 1.54) is 32.1 Å². The summed E-state index contributed by atoms with van der Waals surface area (Å²) >= 11 is 0. The predicted octanol–water partition coefficient (Wildman–Crippen LogP) is 4.70. The summed E-state index contributed by atoms with van der Waals surface area (Å²) in [4.78, 5) is 4.41. The molecule has 0 spiro atoms. The molecular weight excluding hydrogens is 441 g/mol. The van der Waals surface area contributed by atoms with Crippen LogP contribution in [0, 0.1) is 0 Å². The predicted molar refractivity (Wildman–Crippen MR) is 119 cm³/mol. The smallest absolute Gasteiger partial charge is 0.193 e. The molecule has 0 amide bonds. The van der Waals surface area contributed by atoms with Gasteiger partial charge in [0.05, 0.1) is 12.7 Å². The summed E-state index contributed by atoms with van der Waals surface area (Å²) in [7, 11) is 1.69. The molecule has 0 radical (unpaired) electrons. The number of rotatable bonds is 10. The quantitative estimate of drug-likeness (QED) is 0.223. The number of aliphatic imine (C=N–C) groups is 1. The van der Waals surface area contributed by atoms with Crippen molar-refractivity contribution in [2.45, 2.75) is 64.1 Å². The lowest BCUT2D eigenvalue weighted by Gasteiger charge is -2.21. The number of hydrogen-bond acceptors (Lipinski definition) is 3. The molecule has 6 heteroatoms. The molecule has 1 fully saturated rings. The second kappa shape index (κ2) is 14.2. The standard InChI is InChI=1S/C20H33N3O2.HI/c1-24-16-17-10-6-7-13-19(17)23-20(21)22-14-8-3-9-15-25-18-11-4-2-5-12-18;/h6-7,10,13,18H,2-5,8-9,11-12,14-16H2,1H3,(H3,21,22,23);1H. The number of anilines is 1. The molecule has 3 N–H and O–H groups in total. The van der Waals surface area contributed by atoms with E-state index in [2.05, 4.69) is 10.3 Å². The second-order valence-electron chi connectivity index (χ2n) is 6.67. The van der Waals surface area contributed by atoms with Crippen LogP contribution in [-0.2, 0) is 16.1 Å². The molecule has 0 aromatic heterocycles. The highest BCUT2D eigenvalue weighted by Gasteiger charge is 2.12. The minimum Gasteiger partial charge on any atom is -0.380 e. The fourth-order valence-corrected chi connectivity index (χ4v) is 3.17. The van der Waals surface area contributed by atoms with Crippen LogP contribution in [0.4, 0.5) is 5.69 Å². The summed E-state index contributed by atoms with van der Waals surface area (Å²) in [6.07, 6.45) is 10.3. The maximum Gasteiger partial charge on any atom is 0.193 e. The fourth-order valence-electron chi connectivity index (χ4n) is 3.17. The van der Waals surface area contributed by atoms with E-state index >= 15 is 0 Å². The first kappa shape index (κ1) is 23.2. The number of unbranched alkanes of at least 4 members (excludes halogenated alkanes) is 2. The van der Waals surface area contributed by atoms with Gasteiger partial charge in [-0.2, -0.15) is 0 Å². The maximum absolute atomic E-state index is 5.98. The molecule has 1 aromatic rings. The van der Waals surface area contributed by atoms with Crippen molar-refractivity contribution in [3.8, 4) is 0 Å². The van der Waals surface area contributed by atoms with Gasteiger partial charge in [0.2, 0.25) is 0 Å². The van der Waals surface area contributed by atoms with Crippen LogP contribution in [-0.4, -0.2) is 32.3 Å². The van der Waals surface area contributed by atoms with Gasteiger partial charge in [-0.05, 0) is 38.2 Å². The summed E-state index contributed by atoms with van der Waals surface area (Å²) in [6.45, 7) is 2.18. The zero-order valence-electron chi connectivity index (χ0n) is 15.9. The summed E-state index contributed by atoms with van der Waals surface area (Å²) in [6, 6.07) is 7.97. The van der Waals surface area contributed by atoms with Gasteiger partial charge in [-0.3, -0.25) is 4.99 Å². The van der Waals surface area contributed by atoms with Crippen LogP contribution in [0.25, 0.3) is 0 Å². The normalized spacial score (nSPS) is 15.5. The Morgan fingerprint density at radius 3 is 2.69 bits per heavy atom. The van der Waals surface area contributed by atoms with Gasteiger partial charge in [-0.1, -0.05) is 37.5 Å². The molecule has 1 saturated carbocycles. The Bertz CT molecular complexity index is 520. The first-order valence-electron chi connectivity index (χ1n) is 9.55. The maximum atomic E-state index is 5.98. The van der Waals surface area contributed by atoms with Crippen LogP contribution in [0.15, 0.2) is 29.3 Å². The Hall–Kier alpha value is -0.860. The average Bonchev–Trinajstić information content (AvgIpc) is 2.63. The van der Waals surface area contributed by atoms with Crippen LogP contribution >= 0.6 is 24.0 Å². The van der Waals surface area contributed by atoms with Crippen molar-refractivity contribution < 1.29 is 9.47 Å². The van der Waals surface area contributed by atoms with Crippen LogP contribution < -0.4 is 11.1 Å². The van der Waals surface area contributed by atoms with Crippen LogP contribution in [0.5, 0.6) is 0 Å².